The van der Waals surface area contributed by atoms with Crippen molar-refractivity contribution < 1.29 is 23.8 Å². The van der Waals surface area contributed by atoms with E-state index in [1.807, 2.05) is 24.3 Å². The van der Waals surface area contributed by atoms with Crippen molar-refractivity contribution >= 4 is 58.4 Å². The molecule has 0 spiro atoms. The van der Waals surface area contributed by atoms with Crippen LogP contribution in [0.25, 0.3) is 6.08 Å². The Kier molecular flexibility index (Phi) is 10.2. The van der Waals surface area contributed by atoms with Gasteiger partial charge in [-0.05, 0) is 66.7 Å². The maximum absolute atomic E-state index is 12.0. The molecule has 0 saturated carbocycles. The zero-order valence-corrected chi connectivity index (χ0v) is 21.5. The van der Waals surface area contributed by atoms with Crippen LogP contribution in [0.4, 0.5) is 0 Å². The molecule has 2 aromatic carbocycles. The molecule has 1 fully saturated rings. The molecule has 1 aliphatic heterocycles. The van der Waals surface area contributed by atoms with E-state index in [4.69, 9.17) is 49.6 Å². The van der Waals surface area contributed by atoms with Crippen LogP contribution < -0.4 is 24.8 Å². The molecule has 10 heteroatoms. The molecule has 1 heterocycles. The van der Waals surface area contributed by atoms with Crippen LogP contribution >= 0.6 is 35.4 Å². The van der Waals surface area contributed by atoms with Crippen molar-refractivity contribution in [3.05, 3.63) is 57.6 Å². The van der Waals surface area contributed by atoms with Crippen molar-refractivity contribution in [2.45, 2.75) is 32.6 Å². The quantitative estimate of drug-likeness (QED) is 0.165. The number of carbonyl (C=O) groups is 2. The zero-order valence-electron chi connectivity index (χ0n) is 19.2. The minimum absolute atomic E-state index is 0.0405. The number of thiocarbonyl (C=S) groups is 1. The molecule has 0 bridgehead atoms. The van der Waals surface area contributed by atoms with Gasteiger partial charge in [-0.15, -0.1) is 0 Å². The number of benzene rings is 2. The smallest absolute Gasteiger partial charge is 0.263 e. The predicted octanol–water partition coefficient (Wildman–Crippen LogP) is 5.32. The Labute approximate surface area is 219 Å². The first-order valence-corrected chi connectivity index (χ1v) is 12.4. The lowest BCUT2D eigenvalue weighted by molar-refractivity contribution is -0.123. The summed E-state index contributed by atoms with van der Waals surface area (Å²) in [6.45, 7) is 3.37. The first kappa shape index (κ1) is 26.8. The molecule has 3 rings (SSSR count). The Morgan fingerprint density at radius 3 is 1.94 bits per heavy atom. The lowest BCUT2D eigenvalue weighted by atomic mass is 10.1. The van der Waals surface area contributed by atoms with Gasteiger partial charge < -0.3 is 14.2 Å². The van der Waals surface area contributed by atoms with Crippen LogP contribution in [0.1, 0.15) is 38.2 Å². The minimum atomic E-state index is -0.602. The number of nitrogens with one attached hydrogen (secondary N) is 2. The average molecular weight is 537 g/mol. The van der Waals surface area contributed by atoms with E-state index in [0.29, 0.717) is 17.9 Å². The number of ether oxygens (including phenoxy) is 3. The van der Waals surface area contributed by atoms with Gasteiger partial charge in [-0.1, -0.05) is 49.4 Å². The van der Waals surface area contributed by atoms with Crippen LogP contribution in [-0.4, -0.2) is 36.7 Å². The summed E-state index contributed by atoms with van der Waals surface area (Å²) < 4.78 is 17.1. The zero-order chi connectivity index (χ0) is 25.2. The van der Waals surface area contributed by atoms with E-state index >= 15 is 0 Å². The number of hydrogen-bond acceptors (Lipinski definition) is 6. The summed E-state index contributed by atoms with van der Waals surface area (Å²) in [7, 11) is 0. The summed E-state index contributed by atoms with van der Waals surface area (Å²) in [4.78, 5) is 24.0. The second-order valence-electron chi connectivity index (χ2n) is 7.69. The third-order valence-electron chi connectivity index (χ3n) is 4.96. The van der Waals surface area contributed by atoms with Gasteiger partial charge in [-0.2, -0.15) is 0 Å². The summed E-state index contributed by atoms with van der Waals surface area (Å²) >= 11 is 17.4. The average Bonchev–Trinajstić information content (AvgIpc) is 2.81. The van der Waals surface area contributed by atoms with Crippen molar-refractivity contribution in [1.29, 1.82) is 0 Å². The third kappa shape index (κ3) is 8.13. The monoisotopic (exact) mass is 536 g/mol. The Morgan fingerprint density at radius 1 is 0.829 bits per heavy atom. The van der Waals surface area contributed by atoms with Gasteiger partial charge >= 0.3 is 0 Å². The topological polar surface area (TPSA) is 85.9 Å². The highest BCUT2D eigenvalue weighted by Crippen LogP contribution is 2.35. The first-order valence-electron chi connectivity index (χ1n) is 11.2. The van der Waals surface area contributed by atoms with Crippen LogP contribution in [0, 0.1) is 0 Å². The first-order chi connectivity index (χ1) is 16.9. The summed E-state index contributed by atoms with van der Waals surface area (Å²) in [5.74, 6) is 0.578. The van der Waals surface area contributed by atoms with E-state index in [1.54, 1.807) is 12.1 Å². The minimum Gasteiger partial charge on any atom is -0.494 e. The molecule has 2 aromatic rings. The van der Waals surface area contributed by atoms with Gasteiger partial charge in [-0.25, -0.2) is 0 Å². The van der Waals surface area contributed by atoms with Crippen LogP contribution in [0.5, 0.6) is 17.2 Å². The van der Waals surface area contributed by atoms with Crippen molar-refractivity contribution in [3.8, 4) is 17.2 Å². The molecule has 0 atom stereocenters. The number of unbranched alkanes of at least 4 members (excludes halogenated alkanes) is 3. The maximum Gasteiger partial charge on any atom is 0.263 e. The van der Waals surface area contributed by atoms with Gasteiger partial charge in [-0.3, -0.25) is 20.2 Å². The summed E-state index contributed by atoms with van der Waals surface area (Å²) in [5, 5.41) is 5.16. The van der Waals surface area contributed by atoms with Gasteiger partial charge in [0.05, 0.1) is 16.7 Å². The molecule has 7 nitrogen and oxygen atoms in total. The lowest BCUT2D eigenvalue weighted by Crippen LogP contribution is -2.51. The van der Waals surface area contributed by atoms with E-state index in [0.717, 1.165) is 12.2 Å². The highest BCUT2D eigenvalue weighted by molar-refractivity contribution is 7.80. The lowest BCUT2D eigenvalue weighted by Gasteiger charge is -2.16. The van der Waals surface area contributed by atoms with Gasteiger partial charge in [0.1, 0.15) is 30.3 Å². The summed E-state index contributed by atoms with van der Waals surface area (Å²) in [5.41, 5.74) is 0.352. The normalized spacial score (nSPS) is 13.2. The van der Waals surface area contributed by atoms with Gasteiger partial charge in [0, 0.05) is 0 Å². The number of halogens is 2. The van der Waals surface area contributed by atoms with Crippen molar-refractivity contribution in [1.82, 2.24) is 10.6 Å². The molecule has 0 unspecified atom stereocenters. The fourth-order valence-electron chi connectivity index (χ4n) is 3.23. The Balaban J connectivity index is 1.49. The van der Waals surface area contributed by atoms with E-state index in [2.05, 4.69) is 17.6 Å². The number of rotatable bonds is 12. The van der Waals surface area contributed by atoms with Crippen molar-refractivity contribution in [2.75, 3.05) is 19.8 Å². The van der Waals surface area contributed by atoms with Gasteiger partial charge in [0.25, 0.3) is 11.8 Å². The van der Waals surface area contributed by atoms with E-state index in [9.17, 15) is 9.59 Å². The third-order valence-corrected chi connectivity index (χ3v) is 5.73. The van der Waals surface area contributed by atoms with Crippen LogP contribution in [0.3, 0.4) is 0 Å². The molecule has 2 amide bonds. The van der Waals surface area contributed by atoms with Gasteiger partial charge in [0.2, 0.25) is 0 Å². The SMILES string of the molecule is CCCCCCOc1ccc(OCCOc2c(Cl)cc(C=C3C(=O)NC(=S)NC3=O)cc2Cl)cc1. The Morgan fingerprint density at radius 2 is 1.37 bits per heavy atom. The molecular formula is C25H26Cl2N2O5S. The molecule has 0 aromatic heterocycles. The fraction of sp³-hybridized carbons (Fsp3) is 0.320. The molecule has 0 radical (unpaired) electrons. The fourth-order valence-corrected chi connectivity index (χ4v) is 4.03. The standard InChI is InChI=1S/C25H26Cl2N2O5S/c1-2-3-4-5-10-32-17-6-8-18(9-7-17)33-11-12-34-22-20(26)14-16(15-21(22)27)13-19-23(30)28-25(35)29-24(19)31/h6-9,13-15H,2-5,10-12H2,1H3,(H2,28,29,30,31,35). The van der Waals surface area contributed by atoms with E-state index in [1.165, 1.54) is 25.3 Å². The number of amides is 2. The Hall–Kier alpha value is -2.81. The molecule has 0 aliphatic carbocycles. The highest BCUT2D eigenvalue weighted by atomic mass is 35.5. The van der Waals surface area contributed by atoms with Crippen LogP contribution in [0.2, 0.25) is 10.0 Å². The summed E-state index contributed by atoms with van der Waals surface area (Å²) in [6, 6.07) is 10.5. The molecule has 2 N–H and O–H groups in total. The van der Waals surface area contributed by atoms with Crippen LogP contribution in [-0.2, 0) is 9.59 Å². The largest absolute Gasteiger partial charge is 0.494 e. The van der Waals surface area contributed by atoms with Crippen molar-refractivity contribution in [3.63, 3.8) is 0 Å². The second-order valence-corrected chi connectivity index (χ2v) is 8.91. The second kappa shape index (κ2) is 13.3. The molecular weight excluding hydrogens is 511 g/mol. The van der Waals surface area contributed by atoms with Crippen LogP contribution in [0.15, 0.2) is 42.0 Å². The molecule has 1 saturated heterocycles. The predicted molar refractivity (Wildman–Crippen MR) is 140 cm³/mol. The van der Waals surface area contributed by atoms with Crippen molar-refractivity contribution in [2.24, 2.45) is 0 Å². The van der Waals surface area contributed by atoms with Gasteiger partial charge in [0.15, 0.2) is 10.9 Å². The number of carbonyl (C=O) groups excluding carboxylic acids is 2. The summed E-state index contributed by atoms with van der Waals surface area (Å²) in [6.07, 6.45) is 6.02. The number of hydrogen-bond donors (Lipinski definition) is 2. The molecule has 186 valence electrons. The highest BCUT2D eigenvalue weighted by Gasteiger charge is 2.25. The van der Waals surface area contributed by atoms with E-state index in [-0.39, 0.29) is 39.7 Å². The van der Waals surface area contributed by atoms with E-state index < -0.39 is 11.8 Å². The maximum atomic E-state index is 12.0. The Bertz CT molecular complexity index is 1060. The molecule has 1 aliphatic rings. The molecule has 35 heavy (non-hydrogen) atoms.